The summed E-state index contributed by atoms with van der Waals surface area (Å²) in [7, 11) is 0. The first-order valence-electron chi connectivity index (χ1n) is 3.68. The predicted molar refractivity (Wildman–Crippen MR) is 46.7 cm³/mol. The maximum atomic E-state index is 12.0. The number of rotatable bonds is 3. The topological polar surface area (TPSA) is 26.0 Å². The van der Waals surface area contributed by atoms with Crippen LogP contribution < -0.4 is 5.73 Å². The summed E-state index contributed by atoms with van der Waals surface area (Å²) in [6.07, 6.45) is -2.15. The Morgan fingerprint density at radius 3 is 2.67 bits per heavy atom. The summed E-state index contributed by atoms with van der Waals surface area (Å²) in [4.78, 5) is 0.961. The number of halogens is 2. The van der Waals surface area contributed by atoms with E-state index >= 15 is 0 Å². The van der Waals surface area contributed by atoms with E-state index < -0.39 is 12.5 Å². The van der Waals surface area contributed by atoms with Gasteiger partial charge in [-0.25, -0.2) is 8.78 Å². The minimum Gasteiger partial charge on any atom is -0.323 e. The van der Waals surface area contributed by atoms with E-state index in [1.807, 2.05) is 18.4 Å². The van der Waals surface area contributed by atoms with Gasteiger partial charge >= 0.3 is 0 Å². The summed E-state index contributed by atoms with van der Waals surface area (Å²) in [5.41, 5.74) is 6.29. The average Bonchev–Trinajstić information content (AvgIpc) is 2.36. The minimum absolute atomic E-state index is 0.279. The Balaban J connectivity index is 2.58. The molecule has 12 heavy (non-hydrogen) atoms. The Kier molecular flexibility index (Phi) is 3.17. The van der Waals surface area contributed by atoms with Crippen molar-refractivity contribution < 1.29 is 8.78 Å². The van der Waals surface area contributed by atoms with Crippen LogP contribution in [-0.4, -0.2) is 12.5 Å². The largest absolute Gasteiger partial charge is 0.323 e. The maximum Gasteiger partial charge on any atom is 0.253 e. The Hall–Kier alpha value is -0.480. The van der Waals surface area contributed by atoms with Crippen LogP contribution in [0.2, 0.25) is 0 Å². The van der Waals surface area contributed by atoms with E-state index in [4.69, 9.17) is 5.73 Å². The first kappa shape index (κ1) is 9.61. The molecule has 1 nitrogen and oxygen atoms in total. The van der Waals surface area contributed by atoms with Gasteiger partial charge in [0.2, 0.25) is 0 Å². The van der Waals surface area contributed by atoms with Crippen molar-refractivity contribution in [3.8, 4) is 0 Å². The zero-order valence-electron chi connectivity index (χ0n) is 6.76. The number of nitrogens with two attached hydrogens (primary N) is 1. The molecule has 1 unspecified atom stereocenters. The molecule has 0 aromatic carbocycles. The third-order valence-electron chi connectivity index (χ3n) is 1.71. The third-order valence-corrected chi connectivity index (χ3v) is 2.76. The molecule has 0 fully saturated rings. The summed E-state index contributed by atoms with van der Waals surface area (Å²) in [6, 6.07) is 0.889. The van der Waals surface area contributed by atoms with Gasteiger partial charge in [-0.2, -0.15) is 0 Å². The van der Waals surface area contributed by atoms with Crippen LogP contribution in [0.3, 0.4) is 0 Å². The molecule has 1 aromatic rings. The second kappa shape index (κ2) is 3.96. The van der Waals surface area contributed by atoms with Crippen LogP contribution in [0, 0.1) is 6.92 Å². The molecule has 0 aliphatic carbocycles. The van der Waals surface area contributed by atoms with Gasteiger partial charge in [-0.3, -0.25) is 0 Å². The van der Waals surface area contributed by atoms with Gasteiger partial charge in [0.15, 0.2) is 0 Å². The summed E-state index contributed by atoms with van der Waals surface area (Å²) < 4.78 is 24.1. The van der Waals surface area contributed by atoms with Crippen LogP contribution in [0.1, 0.15) is 10.4 Å². The zero-order chi connectivity index (χ0) is 9.14. The van der Waals surface area contributed by atoms with Crippen LogP contribution >= 0.6 is 11.3 Å². The van der Waals surface area contributed by atoms with Crippen LogP contribution in [0.25, 0.3) is 0 Å². The van der Waals surface area contributed by atoms with Crippen molar-refractivity contribution in [2.45, 2.75) is 25.8 Å². The van der Waals surface area contributed by atoms with E-state index in [2.05, 4.69) is 0 Å². The summed E-state index contributed by atoms with van der Waals surface area (Å²) >= 11 is 1.48. The lowest BCUT2D eigenvalue weighted by Gasteiger charge is -2.08. The molecule has 0 amide bonds. The van der Waals surface area contributed by atoms with Gasteiger partial charge in [0, 0.05) is 11.3 Å². The molecular weight excluding hydrogens is 180 g/mol. The highest BCUT2D eigenvalue weighted by molar-refractivity contribution is 7.10. The van der Waals surface area contributed by atoms with Crippen molar-refractivity contribution in [3.63, 3.8) is 0 Å². The normalized spacial score (nSPS) is 13.8. The highest BCUT2D eigenvalue weighted by Crippen LogP contribution is 2.18. The molecule has 0 saturated heterocycles. The average molecular weight is 191 g/mol. The Morgan fingerprint density at radius 2 is 2.25 bits per heavy atom. The standard InChI is InChI=1S/C8H11F2NS/c1-5-2-3-12-7(5)4-6(11)8(9)10/h2-3,6,8H,4,11H2,1H3. The third kappa shape index (κ3) is 2.25. The lowest BCUT2D eigenvalue weighted by Crippen LogP contribution is -2.30. The quantitative estimate of drug-likeness (QED) is 0.778. The van der Waals surface area contributed by atoms with E-state index in [0.717, 1.165) is 10.4 Å². The fraction of sp³-hybridized carbons (Fsp3) is 0.500. The van der Waals surface area contributed by atoms with Crippen molar-refractivity contribution in [2.75, 3.05) is 0 Å². The van der Waals surface area contributed by atoms with Gasteiger partial charge in [-0.15, -0.1) is 11.3 Å². The Morgan fingerprint density at radius 1 is 1.58 bits per heavy atom. The monoisotopic (exact) mass is 191 g/mol. The van der Waals surface area contributed by atoms with Crippen molar-refractivity contribution in [3.05, 3.63) is 21.9 Å². The molecule has 0 bridgehead atoms. The van der Waals surface area contributed by atoms with Crippen LogP contribution in [0.4, 0.5) is 8.78 Å². The van der Waals surface area contributed by atoms with Crippen molar-refractivity contribution in [1.29, 1.82) is 0 Å². The van der Waals surface area contributed by atoms with E-state index in [1.54, 1.807) is 0 Å². The van der Waals surface area contributed by atoms with Crippen molar-refractivity contribution in [1.82, 2.24) is 0 Å². The van der Waals surface area contributed by atoms with Crippen molar-refractivity contribution >= 4 is 11.3 Å². The SMILES string of the molecule is Cc1ccsc1CC(N)C(F)F. The van der Waals surface area contributed by atoms with E-state index in [9.17, 15) is 8.78 Å². The first-order chi connectivity index (χ1) is 5.61. The predicted octanol–water partition coefficient (Wildman–Crippen LogP) is 2.19. The highest BCUT2D eigenvalue weighted by atomic mass is 32.1. The Labute approximate surface area is 74.2 Å². The molecule has 0 spiro atoms. The van der Waals surface area contributed by atoms with E-state index in [-0.39, 0.29) is 6.42 Å². The summed E-state index contributed by atoms with van der Waals surface area (Å²) in [5, 5.41) is 1.89. The minimum atomic E-state index is -2.42. The molecule has 1 atom stereocenters. The summed E-state index contributed by atoms with van der Waals surface area (Å²) in [5.74, 6) is 0. The lowest BCUT2D eigenvalue weighted by molar-refractivity contribution is 0.116. The van der Waals surface area contributed by atoms with E-state index in [0.29, 0.717) is 0 Å². The van der Waals surface area contributed by atoms with Crippen LogP contribution in [0.5, 0.6) is 0 Å². The molecule has 0 radical (unpaired) electrons. The molecule has 1 rings (SSSR count). The molecule has 68 valence electrons. The number of hydrogen-bond donors (Lipinski definition) is 1. The lowest BCUT2D eigenvalue weighted by atomic mass is 10.1. The van der Waals surface area contributed by atoms with E-state index in [1.165, 1.54) is 11.3 Å². The zero-order valence-corrected chi connectivity index (χ0v) is 7.57. The first-order valence-corrected chi connectivity index (χ1v) is 4.56. The van der Waals surface area contributed by atoms with Crippen LogP contribution in [-0.2, 0) is 6.42 Å². The number of hydrogen-bond acceptors (Lipinski definition) is 2. The molecule has 4 heteroatoms. The maximum absolute atomic E-state index is 12.0. The fourth-order valence-electron chi connectivity index (χ4n) is 0.916. The molecular formula is C8H11F2NS. The molecule has 0 aliphatic heterocycles. The number of alkyl halides is 2. The van der Waals surface area contributed by atoms with Gasteiger partial charge in [0.1, 0.15) is 0 Å². The van der Waals surface area contributed by atoms with Gasteiger partial charge in [0.25, 0.3) is 6.43 Å². The number of thiophene rings is 1. The van der Waals surface area contributed by atoms with Gasteiger partial charge in [-0.1, -0.05) is 0 Å². The van der Waals surface area contributed by atoms with Gasteiger partial charge in [0.05, 0.1) is 6.04 Å². The molecule has 1 heterocycles. The van der Waals surface area contributed by atoms with Crippen LogP contribution in [0.15, 0.2) is 11.4 Å². The molecule has 0 aliphatic rings. The molecule has 0 saturated carbocycles. The molecule has 1 aromatic heterocycles. The van der Waals surface area contributed by atoms with Crippen molar-refractivity contribution in [2.24, 2.45) is 5.73 Å². The molecule has 2 N–H and O–H groups in total. The Bertz CT molecular complexity index is 247. The second-order valence-electron chi connectivity index (χ2n) is 2.73. The van der Waals surface area contributed by atoms with Gasteiger partial charge < -0.3 is 5.73 Å². The second-order valence-corrected chi connectivity index (χ2v) is 3.73. The highest BCUT2D eigenvalue weighted by Gasteiger charge is 2.16. The van der Waals surface area contributed by atoms with Gasteiger partial charge in [-0.05, 0) is 23.9 Å². The smallest absolute Gasteiger partial charge is 0.253 e. The summed E-state index contributed by atoms with van der Waals surface area (Å²) in [6.45, 7) is 1.91. The number of aryl methyl sites for hydroxylation is 1. The fourth-order valence-corrected chi connectivity index (χ4v) is 1.90.